The highest BCUT2D eigenvalue weighted by Gasteiger charge is 2.23. The monoisotopic (exact) mass is 354 g/mol. The van der Waals surface area contributed by atoms with Gasteiger partial charge >= 0.3 is 0 Å². The molecular weight excluding hydrogens is 328 g/mol. The summed E-state index contributed by atoms with van der Waals surface area (Å²) in [5.41, 5.74) is 8.37. The Balaban J connectivity index is 1.79. The zero-order valence-electron chi connectivity index (χ0n) is 15.2. The van der Waals surface area contributed by atoms with E-state index in [1.807, 2.05) is 53.4 Å². The molecule has 2 N–H and O–H groups in total. The molecule has 26 heavy (non-hydrogen) atoms. The second kappa shape index (κ2) is 8.83. The SMILES string of the molecule is COc1cccc(CN(CC2CCCO2)C(=O)c2ccc(CN)cc2)c1. The third-order valence-electron chi connectivity index (χ3n) is 4.68. The number of hydrogen-bond acceptors (Lipinski definition) is 4. The Hall–Kier alpha value is -2.37. The maximum absolute atomic E-state index is 13.1. The van der Waals surface area contributed by atoms with Crippen molar-refractivity contribution in [1.29, 1.82) is 0 Å². The lowest BCUT2D eigenvalue weighted by Crippen LogP contribution is -2.37. The number of ether oxygens (including phenoxy) is 2. The largest absolute Gasteiger partial charge is 0.497 e. The summed E-state index contributed by atoms with van der Waals surface area (Å²) in [7, 11) is 1.65. The fourth-order valence-electron chi connectivity index (χ4n) is 3.21. The van der Waals surface area contributed by atoms with Gasteiger partial charge in [-0.05, 0) is 48.2 Å². The van der Waals surface area contributed by atoms with Gasteiger partial charge in [-0.1, -0.05) is 24.3 Å². The summed E-state index contributed by atoms with van der Waals surface area (Å²) in [5.74, 6) is 0.797. The van der Waals surface area contributed by atoms with E-state index in [1.165, 1.54) is 0 Å². The molecule has 0 spiro atoms. The second-order valence-corrected chi connectivity index (χ2v) is 6.57. The summed E-state index contributed by atoms with van der Waals surface area (Å²) >= 11 is 0. The Morgan fingerprint density at radius 1 is 1.23 bits per heavy atom. The molecule has 1 saturated heterocycles. The first-order valence-electron chi connectivity index (χ1n) is 9.02. The fraction of sp³-hybridized carbons (Fsp3) is 0.381. The van der Waals surface area contributed by atoms with Crippen molar-refractivity contribution in [1.82, 2.24) is 4.90 Å². The standard InChI is InChI=1S/C21H26N2O3/c1-25-19-5-2-4-17(12-19)14-23(15-20-6-3-11-26-20)21(24)18-9-7-16(13-22)8-10-18/h2,4-5,7-10,12,20H,3,6,11,13-15,22H2,1H3. The van der Waals surface area contributed by atoms with Crippen LogP contribution in [0.2, 0.25) is 0 Å². The van der Waals surface area contributed by atoms with Crippen LogP contribution in [-0.4, -0.2) is 37.2 Å². The first-order valence-corrected chi connectivity index (χ1v) is 9.02. The van der Waals surface area contributed by atoms with Crippen molar-refractivity contribution in [2.45, 2.75) is 32.0 Å². The number of rotatable bonds is 7. The molecule has 1 atom stereocenters. The van der Waals surface area contributed by atoms with Crippen LogP contribution in [0.3, 0.4) is 0 Å². The van der Waals surface area contributed by atoms with Gasteiger partial charge in [-0.25, -0.2) is 0 Å². The number of methoxy groups -OCH3 is 1. The first kappa shape index (κ1) is 18.4. The van der Waals surface area contributed by atoms with Crippen LogP contribution in [0.1, 0.15) is 34.3 Å². The van der Waals surface area contributed by atoms with Crippen LogP contribution >= 0.6 is 0 Å². The van der Waals surface area contributed by atoms with Crippen molar-refractivity contribution in [2.75, 3.05) is 20.3 Å². The molecule has 138 valence electrons. The van der Waals surface area contributed by atoms with Gasteiger partial charge in [-0.3, -0.25) is 4.79 Å². The maximum atomic E-state index is 13.1. The quantitative estimate of drug-likeness (QED) is 0.830. The van der Waals surface area contributed by atoms with Crippen molar-refractivity contribution in [3.05, 3.63) is 65.2 Å². The molecule has 0 radical (unpaired) electrons. The van der Waals surface area contributed by atoms with Crippen molar-refractivity contribution < 1.29 is 14.3 Å². The van der Waals surface area contributed by atoms with E-state index < -0.39 is 0 Å². The fourth-order valence-corrected chi connectivity index (χ4v) is 3.21. The first-order chi connectivity index (χ1) is 12.7. The summed E-state index contributed by atoms with van der Waals surface area (Å²) in [6.07, 6.45) is 2.15. The Morgan fingerprint density at radius 2 is 2.04 bits per heavy atom. The molecule has 0 bridgehead atoms. The Labute approximate surface area is 154 Å². The number of nitrogens with zero attached hydrogens (tertiary/aromatic N) is 1. The average Bonchev–Trinajstić information content (AvgIpc) is 3.20. The van der Waals surface area contributed by atoms with E-state index in [4.69, 9.17) is 15.2 Å². The highest BCUT2D eigenvalue weighted by molar-refractivity contribution is 5.94. The van der Waals surface area contributed by atoms with Gasteiger partial charge in [0.25, 0.3) is 5.91 Å². The van der Waals surface area contributed by atoms with Crippen LogP contribution in [0.25, 0.3) is 0 Å². The van der Waals surface area contributed by atoms with Gasteiger partial charge < -0.3 is 20.1 Å². The van der Waals surface area contributed by atoms with Gasteiger partial charge in [-0.2, -0.15) is 0 Å². The Morgan fingerprint density at radius 3 is 2.69 bits per heavy atom. The summed E-state index contributed by atoms with van der Waals surface area (Å²) < 4.78 is 11.1. The minimum atomic E-state index is 0.00638. The van der Waals surface area contributed by atoms with E-state index in [-0.39, 0.29) is 12.0 Å². The van der Waals surface area contributed by atoms with E-state index in [1.54, 1.807) is 7.11 Å². The minimum absolute atomic E-state index is 0.00638. The van der Waals surface area contributed by atoms with Crippen LogP contribution < -0.4 is 10.5 Å². The third kappa shape index (κ3) is 4.62. The van der Waals surface area contributed by atoms with Gasteiger partial charge in [0.1, 0.15) is 5.75 Å². The van der Waals surface area contributed by atoms with E-state index in [0.29, 0.717) is 25.2 Å². The molecule has 1 aliphatic heterocycles. The number of carbonyl (C=O) groups excluding carboxylic acids is 1. The smallest absolute Gasteiger partial charge is 0.254 e. The highest BCUT2D eigenvalue weighted by atomic mass is 16.5. The third-order valence-corrected chi connectivity index (χ3v) is 4.68. The van der Waals surface area contributed by atoms with E-state index in [9.17, 15) is 4.79 Å². The van der Waals surface area contributed by atoms with Crippen molar-refractivity contribution in [2.24, 2.45) is 5.73 Å². The molecule has 0 aliphatic carbocycles. The maximum Gasteiger partial charge on any atom is 0.254 e. The molecule has 3 rings (SSSR count). The molecule has 2 aromatic rings. The number of nitrogens with two attached hydrogens (primary N) is 1. The van der Waals surface area contributed by atoms with E-state index >= 15 is 0 Å². The lowest BCUT2D eigenvalue weighted by atomic mass is 10.1. The molecule has 1 fully saturated rings. The number of carbonyl (C=O) groups is 1. The molecule has 0 aromatic heterocycles. The van der Waals surface area contributed by atoms with Crippen LogP contribution in [0.5, 0.6) is 5.75 Å². The lowest BCUT2D eigenvalue weighted by molar-refractivity contribution is 0.0507. The topological polar surface area (TPSA) is 64.8 Å². The van der Waals surface area contributed by atoms with Crippen LogP contribution in [-0.2, 0) is 17.8 Å². The molecule has 2 aromatic carbocycles. The van der Waals surface area contributed by atoms with Crippen molar-refractivity contribution in [3.8, 4) is 5.75 Å². The molecular formula is C21H26N2O3. The zero-order chi connectivity index (χ0) is 18.4. The summed E-state index contributed by atoms with van der Waals surface area (Å²) in [5, 5.41) is 0. The van der Waals surface area contributed by atoms with Gasteiger partial charge in [0.15, 0.2) is 0 Å². The predicted octanol–water partition coefficient (Wildman–Crippen LogP) is 2.98. The minimum Gasteiger partial charge on any atom is -0.497 e. The molecule has 1 amide bonds. The Kier molecular flexibility index (Phi) is 6.26. The molecule has 1 heterocycles. The number of amides is 1. The molecule has 1 aliphatic rings. The van der Waals surface area contributed by atoms with Gasteiger partial charge in [0.05, 0.1) is 13.2 Å². The molecule has 0 saturated carbocycles. The predicted molar refractivity (Wildman–Crippen MR) is 101 cm³/mol. The van der Waals surface area contributed by atoms with Crippen molar-refractivity contribution in [3.63, 3.8) is 0 Å². The summed E-state index contributed by atoms with van der Waals surface area (Å²) in [6, 6.07) is 15.3. The van der Waals surface area contributed by atoms with Crippen LogP contribution in [0.15, 0.2) is 48.5 Å². The number of hydrogen-bond donors (Lipinski definition) is 1. The molecule has 5 nitrogen and oxygen atoms in total. The molecule has 5 heteroatoms. The van der Waals surface area contributed by atoms with E-state index in [2.05, 4.69) is 0 Å². The summed E-state index contributed by atoms with van der Waals surface area (Å²) in [6.45, 7) is 2.36. The van der Waals surface area contributed by atoms with Crippen molar-refractivity contribution >= 4 is 5.91 Å². The van der Waals surface area contributed by atoms with Gasteiger partial charge in [-0.15, -0.1) is 0 Å². The van der Waals surface area contributed by atoms with Crippen LogP contribution in [0.4, 0.5) is 0 Å². The average molecular weight is 354 g/mol. The van der Waals surface area contributed by atoms with E-state index in [0.717, 1.165) is 36.3 Å². The second-order valence-electron chi connectivity index (χ2n) is 6.57. The normalized spacial score (nSPS) is 16.5. The molecule has 1 unspecified atom stereocenters. The highest BCUT2D eigenvalue weighted by Crippen LogP contribution is 2.19. The summed E-state index contributed by atoms with van der Waals surface area (Å²) in [4.78, 5) is 15.0. The van der Waals surface area contributed by atoms with Gasteiger partial charge in [0, 0.05) is 31.8 Å². The lowest BCUT2D eigenvalue weighted by Gasteiger charge is -2.26. The zero-order valence-corrected chi connectivity index (χ0v) is 15.2. The van der Waals surface area contributed by atoms with Gasteiger partial charge in [0.2, 0.25) is 0 Å². The number of benzene rings is 2. The Bertz CT molecular complexity index is 724. The van der Waals surface area contributed by atoms with Crippen LogP contribution in [0, 0.1) is 0 Å².